The predicted molar refractivity (Wildman–Crippen MR) is 90.1 cm³/mol. The Hall–Kier alpha value is -2.30. The van der Waals surface area contributed by atoms with E-state index in [-0.39, 0.29) is 23.8 Å². The van der Waals surface area contributed by atoms with Crippen molar-refractivity contribution in [2.24, 2.45) is 11.7 Å². The molecule has 1 aliphatic heterocycles. The zero-order chi connectivity index (χ0) is 16.8. The van der Waals surface area contributed by atoms with E-state index in [0.717, 1.165) is 25.7 Å². The Balaban J connectivity index is 1.89. The molecule has 1 aromatic carbocycles. The van der Waals surface area contributed by atoms with Gasteiger partial charge in [-0.05, 0) is 31.2 Å². The molecule has 0 radical (unpaired) electrons. The number of likely N-dealkylation sites (tertiary alicyclic amines) is 1. The lowest BCUT2D eigenvalue weighted by Gasteiger charge is -2.45. The van der Waals surface area contributed by atoms with Crippen molar-refractivity contribution in [2.75, 3.05) is 6.54 Å². The van der Waals surface area contributed by atoms with Gasteiger partial charge in [0.2, 0.25) is 11.8 Å². The van der Waals surface area contributed by atoms with Crippen LogP contribution in [0.2, 0.25) is 0 Å². The highest BCUT2D eigenvalue weighted by atomic mass is 16.2. The van der Waals surface area contributed by atoms with Crippen LogP contribution in [0.1, 0.15) is 31.7 Å². The molecule has 1 fully saturated rings. The molecule has 1 heterocycles. The third-order valence-corrected chi connectivity index (χ3v) is 4.31. The minimum absolute atomic E-state index is 0.0151. The van der Waals surface area contributed by atoms with E-state index in [1.807, 2.05) is 18.2 Å². The van der Waals surface area contributed by atoms with E-state index in [1.54, 1.807) is 0 Å². The Labute approximate surface area is 137 Å². The Kier molecular flexibility index (Phi) is 5.79. The van der Waals surface area contributed by atoms with Crippen molar-refractivity contribution in [3.63, 3.8) is 0 Å². The molecule has 2 atom stereocenters. The van der Waals surface area contributed by atoms with Gasteiger partial charge in [0.05, 0.1) is 17.8 Å². The molecule has 0 bridgehead atoms. The smallest absolute Gasteiger partial charge is 0.234 e. The molecule has 23 heavy (non-hydrogen) atoms. The van der Waals surface area contributed by atoms with Gasteiger partial charge in [-0.3, -0.25) is 14.5 Å². The van der Waals surface area contributed by atoms with E-state index >= 15 is 0 Å². The molecule has 0 spiro atoms. The van der Waals surface area contributed by atoms with E-state index in [9.17, 15) is 9.59 Å². The first-order valence-corrected chi connectivity index (χ1v) is 8.06. The summed E-state index contributed by atoms with van der Waals surface area (Å²) in [7, 11) is 0. The molecule has 5 nitrogen and oxygen atoms in total. The van der Waals surface area contributed by atoms with Crippen molar-refractivity contribution < 1.29 is 9.59 Å². The second-order valence-corrected chi connectivity index (χ2v) is 6.02. The van der Waals surface area contributed by atoms with Crippen LogP contribution >= 0.6 is 0 Å². The Morgan fingerprint density at radius 1 is 1.30 bits per heavy atom. The van der Waals surface area contributed by atoms with Crippen LogP contribution in [0, 0.1) is 5.92 Å². The van der Waals surface area contributed by atoms with E-state index in [4.69, 9.17) is 5.73 Å². The number of nitrogens with zero attached hydrogens (tertiary/aromatic N) is 1. The number of rotatable bonds is 8. The zero-order valence-electron chi connectivity index (χ0n) is 13.6. The van der Waals surface area contributed by atoms with Crippen LogP contribution in [-0.2, 0) is 16.0 Å². The summed E-state index contributed by atoms with van der Waals surface area (Å²) < 4.78 is 0. The van der Waals surface area contributed by atoms with Crippen LogP contribution in [0.5, 0.6) is 0 Å². The third-order valence-electron chi connectivity index (χ3n) is 4.31. The quantitative estimate of drug-likeness (QED) is 0.566. The van der Waals surface area contributed by atoms with Crippen molar-refractivity contribution in [2.45, 2.75) is 38.6 Å². The second kappa shape index (κ2) is 7.81. The fourth-order valence-corrected chi connectivity index (χ4v) is 3.17. The van der Waals surface area contributed by atoms with E-state index in [2.05, 4.69) is 24.0 Å². The Morgan fingerprint density at radius 2 is 2.00 bits per heavy atom. The predicted octanol–water partition coefficient (Wildman–Crippen LogP) is 1.79. The average Bonchev–Trinajstić information content (AvgIpc) is 2.51. The van der Waals surface area contributed by atoms with Crippen LogP contribution < -0.4 is 11.1 Å². The van der Waals surface area contributed by atoms with Gasteiger partial charge < -0.3 is 11.1 Å². The van der Waals surface area contributed by atoms with E-state index < -0.39 is 0 Å². The number of β-lactam (4-membered cyclic amide) rings is 1. The molecule has 1 saturated heterocycles. The normalized spacial score (nSPS) is 20.0. The lowest BCUT2D eigenvalue weighted by Crippen LogP contribution is -2.62. The summed E-state index contributed by atoms with van der Waals surface area (Å²) in [5.41, 5.74) is 6.69. The standard InChI is InChI=1S/C18H25N3O2/c1-13(19)20-12-6-9-16-17(21(14(2)22)18(16)23)11-10-15-7-4-3-5-8-15/h3-5,7-8,16-17,20H,1,6,9-12,19H2,2H3. The number of amides is 2. The van der Waals surface area contributed by atoms with Gasteiger partial charge in [0, 0.05) is 13.5 Å². The SMILES string of the molecule is C=C(N)NCCCC1C(=O)N(C(C)=O)C1CCc1ccccc1. The summed E-state index contributed by atoms with van der Waals surface area (Å²) in [6.07, 6.45) is 3.29. The molecule has 0 saturated carbocycles. The van der Waals surface area contributed by atoms with Gasteiger partial charge in [0.15, 0.2) is 0 Å². The molecule has 0 aliphatic carbocycles. The number of nitrogens with two attached hydrogens (primary N) is 1. The summed E-state index contributed by atoms with van der Waals surface area (Å²) >= 11 is 0. The molecule has 2 rings (SSSR count). The minimum atomic E-state index is -0.155. The van der Waals surface area contributed by atoms with Crippen molar-refractivity contribution in [3.8, 4) is 0 Å². The first-order valence-electron chi connectivity index (χ1n) is 8.06. The summed E-state index contributed by atoms with van der Waals surface area (Å²) in [4.78, 5) is 25.3. The van der Waals surface area contributed by atoms with Crippen LogP contribution in [0.25, 0.3) is 0 Å². The lowest BCUT2D eigenvalue weighted by molar-refractivity contribution is -0.166. The monoisotopic (exact) mass is 315 g/mol. The second-order valence-electron chi connectivity index (χ2n) is 6.02. The maximum atomic E-state index is 12.2. The molecular formula is C18H25N3O2. The first kappa shape index (κ1) is 17.1. The van der Waals surface area contributed by atoms with Gasteiger partial charge in [-0.15, -0.1) is 0 Å². The maximum absolute atomic E-state index is 12.2. The first-order chi connectivity index (χ1) is 11.0. The van der Waals surface area contributed by atoms with Gasteiger partial charge >= 0.3 is 0 Å². The van der Waals surface area contributed by atoms with Gasteiger partial charge in [-0.1, -0.05) is 36.9 Å². The number of carbonyl (C=O) groups excluding carboxylic acids is 2. The Bertz CT molecular complexity index is 571. The summed E-state index contributed by atoms with van der Waals surface area (Å²) in [5, 5.41) is 2.96. The number of aryl methyl sites for hydroxylation is 1. The minimum Gasteiger partial charge on any atom is -0.386 e. The molecule has 124 valence electrons. The highest BCUT2D eigenvalue weighted by Crippen LogP contribution is 2.33. The average molecular weight is 315 g/mol. The number of benzene rings is 1. The summed E-state index contributed by atoms with van der Waals surface area (Å²) in [6, 6.07) is 10.2. The fourth-order valence-electron chi connectivity index (χ4n) is 3.17. The number of carbonyl (C=O) groups is 2. The molecule has 2 amide bonds. The largest absolute Gasteiger partial charge is 0.386 e. The molecule has 2 unspecified atom stereocenters. The third kappa shape index (κ3) is 4.34. The summed E-state index contributed by atoms with van der Waals surface area (Å²) in [5.74, 6) is 0.186. The van der Waals surface area contributed by atoms with Gasteiger partial charge in [0.25, 0.3) is 0 Å². The van der Waals surface area contributed by atoms with Crippen LogP contribution in [0.4, 0.5) is 0 Å². The molecule has 5 heteroatoms. The maximum Gasteiger partial charge on any atom is 0.234 e. The number of hydrogen-bond donors (Lipinski definition) is 2. The molecule has 1 aliphatic rings. The molecule has 1 aromatic rings. The number of nitrogens with one attached hydrogen (secondary N) is 1. The van der Waals surface area contributed by atoms with Crippen molar-refractivity contribution in [1.82, 2.24) is 10.2 Å². The number of imide groups is 1. The molecule has 3 N–H and O–H groups in total. The van der Waals surface area contributed by atoms with Crippen molar-refractivity contribution in [1.29, 1.82) is 0 Å². The van der Waals surface area contributed by atoms with Gasteiger partial charge in [-0.25, -0.2) is 0 Å². The lowest BCUT2D eigenvalue weighted by atomic mass is 9.80. The highest BCUT2D eigenvalue weighted by Gasteiger charge is 2.48. The Morgan fingerprint density at radius 3 is 2.61 bits per heavy atom. The van der Waals surface area contributed by atoms with Gasteiger partial charge in [-0.2, -0.15) is 0 Å². The van der Waals surface area contributed by atoms with Crippen LogP contribution in [-0.4, -0.2) is 29.3 Å². The molecule has 0 aromatic heterocycles. The van der Waals surface area contributed by atoms with E-state index in [1.165, 1.54) is 17.4 Å². The molecular weight excluding hydrogens is 290 g/mol. The topological polar surface area (TPSA) is 75.4 Å². The zero-order valence-corrected chi connectivity index (χ0v) is 13.6. The van der Waals surface area contributed by atoms with Gasteiger partial charge in [0.1, 0.15) is 0 Å². The van der Waals surface area contributed by atoms with Crippen molar-refractivity contribution >= 4 is 11.8 Å². The number of hydrogen-bond acceptors (Lipinski definition) is 4. The fraction of sp³-hybridized carbons (Fsp3) is 0.444. The highest BCUT2D eigenvalue weighted by molar-refractivity contribution is 6.01. The van der Waals surface area contributed by atoms with E-state index in [0.29, 0.717) is 12.4 Å². The van der Waals surface area contributed by atoms with Crippen molar-refractivity contribution in [3.05, 3.63) is 48.3 Å². The summed E-state index contributed by atoms with van der Waals surface area (Å²) in [6.45, 7) is 5.74. The van der Waals surface area contributed by atoms with Crippen LogP contribution in [0.3, 0.4) is 0 Å². The van der Waals surface area contributed by atoms with Crippen LogP contribution in [0.15, 0.2) is 42.7 Å².